The predicted octanol–water partition coefficient (Wildman–Crippen LogP) is 0.880. The third-order valence-electron chi connectivity index (χ3n) is 1.57. The fraction of sp³-hybridized carbons (Fsp3) is 0.692. The van der Waals surface area contributed by atoms with E-state index in [1.807, 2.05) is 20.8 Å². The molecule has 0 aliphatic rings. The number of carbonyl (C=O) groups is 2. The monoisotopic (exact) mass is 339 g/mol. The van der Waals surface area contributed by atoms with Crippen LogP contribution in [-0.2, 0) is 22.9 Å². The molecule has 8 nitrogen and oxygen atoms in total. The minimum absolute atomic E-state index is 0.558. The quantitative estimate of drug-likeness (QED) is 0.417. The lowest BCUT2D eigenvalue weighted by atomic mass is 10.5. The Morgan fingerprint density at radius 3 is 1.32 bits per heavy atom. The van der Waals surface area contributed by atoms with Gasteiger partial charge >= 0.3 is 21.5 Å². The molecule has 0 amide bonds. The van der Waals surface area contributed by atoms with Gasteiger partial charge in [-0.05, 0) is 33.7 Å². The smallest absolute Gasteiger partial charge is 0.478 e. The molecule has 0 heterocycles. The fourth-order valence-corrected chi connectivity index (χ4v) is 1.80. The van der Waals surface area contributed by atoms with Crippen LogP contribution in [0.3, 0.4) is 0 Å². The van der Waals surface area contributed by atoms with Crippen molar-refractivity contribution in [2.24, 2.45) is 5.73 Å². The molecule has 0 fully saturated rings. The number of hydrogen-bond donors (Lipinski definition) is 3. The van der Waals surface area contributed by atoms with E-state index in [0.29, 0.717) is 32.0 Å². The average molecular weight is 339 g/mol. The molecule has 0 aliphatic heterocycles. The molecule has 0 rings (SSSR count). The van der Waals surface area contributed by atoms with Gasteiger partial charge in [0.05, 0.1) is 0 Å². The van der Waals surface area contributed by atoms with Crippen molar-refractivity contribution in [1.82, 2.24) is 0 Å². The van der Waals surface area contributed by atoms with Crippen LogP contribution in [0.5, 0.6) is 0 Å². The summed E-state index contributed by atoms with van der Waals surface area (Å²) < 4.78 is 15.7. The molecular weight excluding hydrogens is 310 g/mol. The zero-order valence-corrected chi connectivity index (χ0v) is 14.9. The number of carboxylic acid groups (broad SMARTS) is 2. The molecule has 0 saturated carbocycles. The number of nitrogens with two attached hydrogens (primary N) is 1. The number of aliphatic carboxylic acids is 2. The van der Waals surface area contributed by atoms with E-state index in [9.17, 15) is 9.59 Å². The number of carboxylic acids is 2. The Bertz CT molecular complexity index is 255. The number of hydrogen-bond acceptors (Lipinski definition) is 6. The van der Waals surface area contributed by atoms with Gasteiger partial charge in [-0.1, -0.05) is 6.92 Å². The van der Waals surface area contributed by atoms with Crippen molar-refractivity contribution >= 4 is 21.5 Å². The van der Waals surface area contributed by atoms with E-state index in [2.05, 4.69) is 6.92 Å². The van der Waals surface area contributed by atoms with Gasteiger partial charge in [-0.3, -0.25) is 0 Å². The lowest BCUT2D eigenvalue weighted by Crippen LogP contribution is -2.27. The van der Waals surface area contributed by atoms with Crippen molar-refractivity contribution in [1.29, 1.82) is 0 Å². The molecule has 0 bridgehead atoms. The van der Waals surface area contributed by atoms with Gasteiger partial charge in [0.2, 0.25) is 0 Å². The van der Waals surface area contributed by atoms with Gasteiger partial charge in [0.25, 0.3) is 0 Å². The molecule has 0 atom stereocenters. The molecule has 9 heteroatoms. The lowest BCUT2D eigenvalue weighted by molar-refractivity contribution is -0.134. The Balaban J connectivity index is -0.000000269. The van der Waals surface area contributed by atoms with Gasteiger partial charge in [-0.15, -0.1) is 0 Å². The molecule has 0 spiro atoms. The minimum Gasteiger partial charge on any atom is -0.478 e. The summed E-state index contributed by atoms with van der Waals surface area (Å²) >= 11 is 0. The van der Waals surface area contributed by atoms with Crippen molar-refractivity contribution in [3.05, 3.63) is 12.2 Å². The van der Waals surface area contributed by atoms with Crippen LogP contribution in [0, 0.1) is 0 Å². The Labute approximate surface area is 133 Å². The molecule has 132 valence electrons. The summed E-state index contributed by atoms with van der Waals surface area (Å²) in [5, 5.41) is 15.6. The second-order valence-corrected chi connectivity index (χ2v) is 5.03. The topological polar surface area (TPSA) is 128 Å². The van der Waals surface area contributed by atoms with Crippen molar-refractivity contribution in [3.63, 3.8) is 0 Å². The third kappa shape index (κ3) is 31.2. The first kappa shape index (κ1) is 25.7. The predicted molar refractivity (Wildman–Crippen MR) is 85.8 cm³/mol. The Morgan fingerprint density at radius 2 is 1.18 bits per heavy atom. The van der Waals surface area contributed by atoms with Gasteiger partial charge in [-0.2, -0.15) is 0 Å². The summed E-state index contributed by atoms with van der Waals surface area (Å²) in [5.74, 6) is -2.51. The molecule has 0 aromatic rings. The highest BCUT2D eigenvalue weighted by Crippen LogP contribution is 1.91. The first-order valence-electron chi connectivity index (χ1n) is 7.08. The Kier molecular flexibility index (Phi) is 25.7. The van der Waals surface area contributed by atoms with Crippen LogP contribution in [0.25, 0.3) is 0 Å². The first-order valence-corrected chi connectivity index (χ1v) is 8.49. The standard InChI is InChI=1S/C6H16O3Si.C4H4O4.C3H9N/c1-4-7-10(8-5-2)9-6-3;5-3(6)1-2-4(7)8;1-2-3-4/h10H,4-6H2,1-3H3;1-2H,(H,5,6)(H,7,8);2-4H2,1H3/b;2-1-;. The van der Waals surface area contributed by atoms with Gasteiger partial charge in [-0.25, -0.2) is 9.59 Å². The van der Waals surface area contributed by atoms with E-state index < -0.39 is 21.5 Å². The largest absolute Gasteiger partial charge is 0.484 e. The molecule has 0 aromatic heterocycles. The van der Waals surface area contributed by atoms with Crippen molar-refractivity contribution in [3.8, 4) is 0 Å². The van der Waals surface area contributed by atoms with Crippen molar-refractivity contribution in [2.75, 3.05) is 26.4 Å². The second kappa shape index (κ2) is 22.0. The van der Waals surface area contributed by atoms with Gasteiger partial charge in [0.1, 0.15) is 0 Å². The average Bonchev–Trinajstić information content (AvgIpc) is 2.47. The normalized spacial score (nSPS) is 9.73. The van der Waals surface area contributed by atoms with E-state index in [1.54, 1.807) is 0 Å². The summed E-state index contributed by atoms with van der Waals surface area (Å²) in [5.41, 5.74) is 5.03. The Hall–Kier alpha value is -1.26. The van der Waals surface area contributed by atoms with Crippen molar-refractivity contribution < 1.29 is 33.1 Å². The summed E-state index contributed by atoms with van der Waals surface area (Å²) in [7, 11) is -1.73. The lowest BCUT2D eigenvalue weighted by Gasteiger charge is -2.12. The Morgan fingerprint density at radius 1 is 0.909 bits per heavy atom. The van der Waals surface area contributed by atoms with Crippen LogP contribution in [0.4, 0.5) is 0 Å². The molecule has 0 saturated heterocycles. The maximum absolute atomic E-state index is 9.55. The summed E-state index contributed by atoms with van der Waals surface area (Å²) in [4.78, 5) is 19.1. The SMILES string of the molecule is CCCN.CCO[SiH](OCC)OCC.O=C(O)/C=C\C(=O)O. The highest BCUT2D eigenvalue weighted by Gasteiger charge is 2.11. The first-order chi connectivity index (χ1) is 10.4. The van der Waals surface area contributed by atoms with E-state index in [-0.39, 0.29) is 0 Å². The molecule has 0 radical (unpaired) electrons. The third-order valence-corrected chi connectivity index (χ3v) is 3.38. The molecule has 0 aliphatic carbocycles. The molecule has 4 N–H and O–H groups in total. The van der Waals surface area contributed by atoms with Crippen LogP contribution in [0.1, 0.15) is 34.1 Å². The van der Waals surface area contributed by atoms with E-state index in [1.165, 1.54) is 0 Å². The van der Waals surface area contributed by atoms with Crippen LogP contribution in [0.15, 0.2) is 12.2 Å². The highest BCUT2D eigenvalue weighted by molar-refractivity contribution is 6.36. The molecular formula is C13H29NO7Si. The van der Waals surface area contributed by atoms with Crippen LogP contribution >= 0.6 is 0 Å². The van der Waals surface area contributed by atoms with Gasteiger partial charge in [0.15, 0.2) is 0 Å². The van der Waals surface area contributed by atoms with Crippen LogP contribution in [-0.4, -0.2) is 58.0 Å². The van der Waals surface area contributed by atoms with E-state index in [4.69, 9.17) is 29.2 Å². The van der Waals surface area contributed by atoms with Crippen LogP contribution < -0.4 is 5.73 Å². The van der Waals surface area contributed by atoms with Gasteiger partial charge < -0.3 is 29.2 Å². The summed E-state index contributed by atoms with van der Waals surface area (Å²) in [6, 6.07) is 0. The summed E-state index contributed by atoms with van der Waals surface area (Å²) in [6.07, 6.45) is 2.21. The van der Waals surface area contributed by atoms with E-state index >= 15 is 0 Å². The molecule has 0 unspecified atom stereocenters. The van der Waals surface area contributed by atoms with Crippen LogP contribution in [0.2, 0.25) is 0 Å². The second-order valence-electron chi connectivity index (χ2n) is 3.45. The van der Waals surface area contributed by atoms with Crippen molar-refractivity contribution in [2.45, 2.75) is 34.1 Å². The summed E-state index contributed by atoms with van der Waals surface area (Å²) in [6.45, 7) is 10.7. The zero-order chi connectivity index (χ0) is 17.8. The van der Waals surface area contributed by atoms with E-state index in [0.717, 1.165) is 13.0 Å². The molecule has 0 aromatic carbocycles. The van der Waals surface area contributed by atoms with Gasteiger partial charge in [0, 0.05) is 32.0 Å². The highest BCUT2D eigenvalue weighted by atomic mass is 28.3. The molecule has 22 heavy (non-hydrogen) atoms. The zero-order valence-electron chi connectivity index (χ0n) is 13.8. The fourth-order valence-electron chi connectivity index (χ4n) is 0.695. The minimum atomic E-state index is -1.73. The number of rotatable bonds is 9. The maximum atomic E-state index is 9.55. The maximum Gasteiger partial charge on any atom is 0.484 e.